The third-order valence-corrected chi connectivity index (χ3v) is 2.01. The zero-order valence-electron chi connectivity index (χ0n) is 8.23. The van der Waals surface area contributed by atoms with Crippen molar-refractivity contribution in [2.24, 2.45) is 7.05 Å². The van der Waals surface area contributed by atoms with E-state index in [1.807, 2.05) is 38.5 Å². The van der Waals surface area contributed by atoms with Crippen LogP contribution in [0.2, 0.25) is 0 Å². The molecule has 2 N–H and O–H groups in total. The van der Waals surface area contributed by atoms with Crippen LogP contribution in [0.25, 0.3) is 11.1 Å². The standard InChI is InChI=1S/C10H12N4/c1-7-3-8(4-10(11)13-7)9-5-12-14(2)6-9/h3-6H,1-2H3,(H2,11,13). The van der Waals surface area contributed by atoms with Gasteiger partial charge >= 0.3 is 0 Å². The van der Waals surface area contributed by atoms with Gasteiger partial charge in [0.15, 0.2) is 0 Å². The first-order chi connectivity index (χ1) is 6.65. The summed E-state index contributed by atoms with van der Waals surface area (Å²) < 4.78 is 1.77. The Balaban J connectivity index is 2.51. The highest BCUT2D eigenvalue weighted by Crippen LogP contribution is 2.20. The van der Waals surface area contributed by atoms with E-state index in [1.165, 1.54) is 0 Å². The zero-order chi connectivity index (χ0) is 10.1. The van der Waals surface area contributed by atoms with E-state index in [-0.39, 0.29) is 0 Å². The van der Waals surface area contributed by atoms with Gasteiger partial charge in [-0.2, -0.15) is 5.10 Å². The summed E-state index contributed by atoms with van der Waals surface area (Å²) in [6.45, 7) is 1.93. The molecular weight excluding hydrogens is 176 g/mol. The number of hydrogen-bond acceptors (Lipinski definition) is 3. The Labute approximate surface area is 82.4 Å². The molecule has 4 heteroatoms. The lowest BCUT2D eigenvalue weighted by atomic mass is 10.1. The fourth-order valence-electron chi connectivity index (χ4n) is 1.43. The minimum absolute atomic E-state index is 0.545. The van der Waals surface area contributed by atoms with Crippen molar-refractivity contribution in [1.82, 2.24) is 14.8 Å². The van der Waals surface area contributed by atoms with Crippen LogP contribution >= 0.6 is 0 Å². The Morgan fingerprint density at radius 3 is 2.64 bits per heavy atom. The van der Waals surface area contributed by atoms with Crippen LogP contribution in [0.3, 0.4) is 0 Å². The number of aryl methyl sites for hydroxylation is 2. The summed E-state index contributed by atoms with van der Waals surface area (Å²) in [5, 5.41) is 4.11. The van der Waals surface area contributed by atoms with Crippen LogP contribution in [-0.2, 0) is 7.05 Å². The van der Waals surface area contributed by atoms with Crippen molar-refractivity contribution in [3.63, 3.8) is 0 Å². The molecule has 0 aliphatic rings. The van der Waals surface area contributed by atoms with Crippen molar-refractivity contribution in [3.05, 3.63) is 30.2 Å². The largest absolute Gasteiger partial charge is 0.384 e. The van der Waals surface area contributed by atoms with Crippen LogP contribution in [0.1, 0.15) is 5.69 Å². The number of nitrogens with zero attached hydrogens (tertiary/aromatic N) is 3. The zero-order valence-corrected chi connectivity index (χ0v) is 8.23. The first kappa shape index (κ1) is 8.74. The summed E-state index contributed by atoms with van der Waals surface area (Å²) in [5.41, 5.74) is 8.70. The van der Waals surface area contributed by atoms with E-state index in [0.717, 1.165) is 16.8 Å². The second-order valence-electron chi connectivity index (χ2n) is 3.32. The molecule has 0 radical (unpaired) electrons. The molecule has 0 amide bonds. The fourth-order valence-corrected chi connectivity index (χ4v) is 1.43. The van der Waals surface area contributed by atoms with Gasteiger partial charge in [-0.25, -0.2) is 4.98 Å². The number of hydrogen-bond donors (Lipinski definition) is 1. The van der Waals surface area contributed by atoms with Gasteiger partial charge in [0.2, 0.25) is 0 Å². The molecule has 0 spiro atoms. The van der Waals surface area contributed by atoms with Gasteiger partial charge in [0.05, 0.1) is 6.20 Å². The Morgan fingerprint density at radius 2 is 2.07 bits per heavy atom. The highest BCUT2D eigenvalue weighted by molar-refractivity contribution is 5.64. The highest BCUT2D eigenvalue weighted by Gasteiger charge is 2.02. The number of nitrogens with two attached hydrogens (primary N) is 1. The Bertz CT molecular complexity index is 439. The average Bonchev–Trinajstić information content (AvgIpc) is 2.50. The molecule has 0 saturated heterocycles. The predicted molar refractivity (Wildman–Crippen MR) is 55.6 cm³/mol. The lowest BCUT2D eigenvalue weighted by molar-refractivity contribution is 0.768. The molecule has 2 heterocycles. The molecule has 0 unspecified atom stereocenters. The molecule has 0 atom stereocenters. The summed E-state index contributed by atoms with van der Waals surface area (Å²) in [4.78, 5) is 4.12. The van der Waals surface area contributed by atoms with Crippen LogP contribution < -0.4 is 5.73 Å². The summed E-state index contributed by atoms with van der Waals surface area (Å²) in [5.74, 6) is 0.545. The van der Waals surface area contributed by atoms with E-state index in [2.05, 4.69) is 10.1 Å². The van der Waals surface area contributed by atoms with Crippen molar-refractivity contribution < 1.29 is 0 Å². The Morgan fingerprint density at radius 1 is 1.29 bits per heavy atom. The van der Waals surface area contributed by atoms with Gasteiger partial charge in [-0.15, -0.1) is 0 Å². The van der Waals surface area contributed by atoms with Crippen molar-refractivity contribution in [2.75, 3.05) is 5.73 Å². The molecule has 2 aromatic heterocycles. The van der Waals surface area contributed by atoms with Crippen LogP contribution in [-0.4, -0.2) is 14.8 Å². The maximum atomic E-state index is 5.67. The molecule has 0 aromatic carbocycles. The number of rotatable bonds is 1. The summed E-state index contributed by atoms with van der Waals surface area (Å²) in [7, 11) is 1.89. The molecule has 0 aliphatic heterocycles. The third-order valence-electron chi connectivity index (χ3n) is 2.01. The smallest absolute Gasteiger partial charge is 0.124 e. The van der Waals surface area contributed by atoms with E-state index in [0.29, 0.717) is 5.82 Å². The molecular formula is C10H12N4. The maximum absolute atomic E-state index is 5.67. The summed E-state index contributed by atoms with van der Waals surface area (Å²) >= 11 is 0. The molecule has 4 nitrogen and oxygen atoms in total. The SMILES string of the molecule is Cc1cc(-c2cnn(C)c2)cc(N)n1. The molecule has 0 fully saturated rings. The average molecular weight is 188 g/mol. The molecule has 0 saturated carbocycles. The molecule has 2 rings (SSSR count). The van der Waals surface area contributed by atoms with Crippen molar-refractivity contribution in [2.45, 2.75) is 6.92 Å². The number of aromatic nitrogens is 3. The third kappa shape index (κ3) is 1.59. The van der Waals surface area contributed by atoms with Gasteiger partial charge in [0.25, 0.3) is 0 Å². The quantitative estimate of drug-likeness (QED) is 0.735. The van der Waals surface area contributed by atoms with E-state index in [9.17, 15) is 0 Å². The second-order valence-corrected chi connectivity index (χ2v) is 3.32. The first-order valence-electron chi connectivity index (χ1n) is 4.38. The van der Waals surface area contributed by atoms with Crippen LogP contribution in [0.15, 0.2) is 24.5 Å². The van der Waals surface area contributed by atoms with Gasteiger partial charge < -0.3 is 5.73 Å². The topological polar surface area (TPSA) is 56.7 Å². The maximum Gasteiger partial charge on any atom is 0.124 e. The summed E-state index contributed by atoms with van der Waals surface area (Å²) in [6.07, 6.45) is 3.77. The molecule has 0 bridgehead atoms. The van der Waals surface area contributed by atoms with Crippen molar-refractivity contribution in [3.8, 4) is 11.1 Å². The first-order valence-corrected chi connectivity index (χ1v) is 4.38. The van der Waals surface area contributed by atoms with Gasteiger partial charge in [0, 0.05) is 24.5 Å². The summed E-state index contributed by atoms with van der Waals surface area (Å²) in [6, 6.07) is 3.84. The van der Waals surface area contributed by atoms with Crippen LogP contribution in [0.5, 0.6) is 0 Å². The Hall–Kier alpha value is -1.84. The number of anilines is 1. The molecule has 0 aliphatic carbocycles. The Kier molecular flexibility index (Phi) is 1.96. The predicted octanol–water partition coefficient (Wildman–Crippen LogP) is 1.37. The lowest BCUT2D eigenvalue weighted by Crippen LogP contribution is -1.92. The van der Waals surface area contributed by atoms with Crippen LogP contribution in [0.4, 0.5) is 5.82 Å². The second kappa shape index (κ2) is 3.14. The van der Waals surface area contributed by atoms with E-state index >= 15 is 0 Å². The van der Waals surface area contributed by atoms with Gasteiger partial charge in [-0.3, -0.25) is 4.68 Å². The number of pyridine rings is 1. The van der Waals surface area contributed by atoms with Gasteiger partial charge in [-0.05, 0) is 24.6 Å². The fraction of sp³-hybridized carbons (Fsp3) is 0.200. The number of nitrogen functional groups attached to an aromatic ring is 1. The normalized spacial score (nSPS) is 10.4. The minimum atomic E-state index is 0.545. The van der Waals surface area contributed by atoms with Crippen molar-refractivity contribution in [1.29, 1.82) is 0 Å². The van der Waals surface area contributed by atoms with E-state index in [4.69, 9.17) is 5.73 Å². The van der Waals surface area contributed by atoms with Crippen molar-refractivity contribution >= 4 is 5.82 Å². The highest BCUT2D eigenvalue weighted by atomic mass is 15.2. The van der Waals surface area contributed by atoms with Gasteiger partial charge in [0.1, 0.15) is 5.82 Å². The molecule has 14 heavy (non-hydrogen) atoms. The lowest BCUT2D eigenvalue weighted by Gasteiger charge is -2.00. The molecule has 2 aromatic rings. The van der Waals surface area contributed by atoms with Crippen LogP contribution in [0, 0.1) is 6.92 Å². The van der Waals surface area contributed by atoms with E-state index < -0.39 is 0 Å². The van der Waals surface area contributed by atoms with Gasteiger partial charge in [-0.1, -0.05) is 0 Å². The monoisotopic (exact) mass is 188 g/mol. The minimum Gasteiger partial charge on any atom is -0.384 e. The molecule has 72 valence electrons. The van der Waals surface area contributed by atoms with E-state index in [1.54, 1.807) is 4.68 Å².